The zero-order valence-corrected chi connectivity index (χ0v) is 16.1. The fourth-order valence-corrected chi connectivity index (χ4v) is 3.28. The Labute approximate surface area is 161 Å². The van der Waals surface area contributed by atoms with Gasteiger partial charge >= 0.3 is 0 Å². The molecular formula is C22H28N2O3. The Hall–Kier alpha value is -2.37. The predicted molar refractivity (Wildman–Crippen MR) is 106 cm³/mol. The van der Waals surface area contributed by atoms with Crippen LogP contribution in [0.2, 0.25) is 0 Å². The van der Waals surface area contributed by atoms with Crippen molar-refractivity contribution in [1.82, 2.24) is 10.2 Å². The van der Waals surface area contributed by atoms with Crippen LogP contribution in [0.4, 0.5) is 0 Å². The van der Waals surface area contributed by atoms with Gasteiger partial charge in [0.15, 0.2) is 0 Å². The largest absolute Gasteiger partial charge is 0.497 e. The lowest BCUT2D eigenvalue weighted by molar-refractivity contribution is 0.0342. The Morgan fingerprint density at radius 3 is 2.37 bits per heavy atom. The van der Waals surface area contributed by atoms with Crippen molar-refractivity contribution in [1.29, 1.82) is 0 Å². The van der Waals surface area contributed by atoms with Crippen LogP contribution in [0.5, 0.6) is 5.75 Å². The highest BCUT2D eigenvalue weighted by Gasteiger charge is 2.15. The number of rotatable bonds is 7. The highest BCUT2D eigenvalue weighted by Crippen LogP contribution is 2.21. The van der Waals surface area contributed by atoms with Gasteiger partial charge in [-0.25, -0.2) is 0 Å². The van der Waals surface area contributed by atoms with Crippen molar-refractivity contribution in [3.63, 3.8) is 0 Å². The molecule has 1 amide bonds. The zero-order valence-electron chi connectivity index (χ0n) is 16.1. The van der Waals surface area contributed by atoms with E-state index in [1.54, 1.807) is 7.11 Å². The van der Waals surface area contributed by atoms with Crippen molar-refractivity contribution in [2.75, 3.05) is 33.4 Å². The third-order valence-corrected chi connectivity index (χ3v) is 4.96. The van der Waals surface area contributed by atoms with Crippen LogP contribution in [-0.4, -0.2) is 44.2 Å². The Balaban J connectivity index is 1.60. The average Bonchev–Trinajstić information content (AvgIpc) is 2.73. The van der Waals surface area contributed by atoms with Crippen LogP contribution in [0.1, 0.15) is 40.9 Å². The van der Waals surface area contributed by atoms with Crippen LogP contribution in [0.3, 0.4) is 0 Å². The van der Waals surface area contributed by atoms with Crippen molar-refractivity contribution >= 4 is 5.91 Å². The lowest BCUT2D eigenvalue weighted by Gasteiger charge is -2.26. The number of carbonyl (C=O) groups excluding carboxylic acids is 1. The fourth-order valence-electron chi connectivity index (χ4n) is 3.28. The van der Waals surface area contributed by atoms with E-state index in [0.29, 0.717) is 5.56 Å². The summed E-state index contributed by atoms with van der Waals surface area (Å²) in [6.07, 6.45) is 0.827. The minimum absolute atomic E-state index is 0.0172. The maximum absolute atomic E-state index is 12.6. The van der Waals surface area contributed by atoms with Crippen molar-refractivity contribution in [2.45, 2.75) is 25.9 Å². The molecule has 1 unspecified atom stereocenters. The second-order valence-corrected chi connectivity index (χ2v) is 6.79. The highest BCUT2D eigenvalue weighted by atomic mass is 16.5. The summed E-state index contributed by atoms with van der Waals surface area (Å²) in [5.41, 5.74) is 2.99. The van der Waals surface area contributed by atoms with Gasteiger partial charge in [-0.05, 0) is 41.8 Å². The molecule has 3 rings (SSSR count). The second kappa shape index (κ2) is 9.53. The van der Waals surface area contributed by atoms with E-state index in [4.69, 9.17) is 9.47 Å². The van der Waals surface area contributed by atoms with Gasteiger partial charge in [0.25, 0.3) is 5.91 Å². The molecule has 1 saturated heterocycles. The molecule has 1 atom stereocenters. The summed E-state index contributed by atoms with van der Waals surface area (Å²) in [5.74, 6) is 0.770. The maximum atomic E-state index is 12.6. The number of hydrogen-bond donors (Lipinski definition) is 1. The molecule has 1 N–H and O–H groups in total. The Kier molecular flexibility index (Phi) is 6.85. The first-order valence-corrected chi connectivity index (χ1v) is 9.53. The van der Waals surface area contributed by atoms with Crippen molar-refractivity contribution in [3.05, 3.63) is 65.2 Å². The molecule has 0 radical (unpaired) electrons. The summed E-state index contributed by atoms with van der Waals surface area (Å²) in [7, 11) is 1.65. The van der Waals surface area contributed by atoms with Crippen LogP contribution in [0.25, 0.3) is 0 Å². The first kappa shape index (κ1) is 19.4. The van der Waals surface area contributed by atoms with Crippen LogP contribution in [0, 0.1) is 0 Å². The number of nitrogens with one attached hydrogen (secondary N) is 1. The van der Waals surface area contributed by atoms with E-state index in [2.05, 4.69) is 17.1 Å². The SMILES string of the molecule is CCC(NC(=O)c1ccc(CN2CCOCC2)cc1)c1ccc(OC)cc1. The number of nitrogens with zero attached hydrogens (tertiary/aromatic N) is 1. The van der Waals surface area contributed by atoms with Crippen LogP contribution >= 0.6 is 0 Å². The minimum atomic E-state index is -0.0457. The number of benzene rings is 2. The van der Waals surface area contributed by atoms with E-state index in [0.717, 1.165) is 50.6 Å². The van der Waals surface area contributed by atoms with E-state index in [-0.39, 0.29) is 11.9 Å². The molecular weight excluding hydrogens is 340 g/mol. The van der Waals surface area contributed by atoms with Crippen molar-refractivity contribution in [3.8, 4) is 5.75 Å². The Morgan fingerprint density at radius 2 is 1.78 bits per heavy atom. The molecule has 2 aromatic rings. The first-order chi connectivity index (χ1) is 13.2. The molecule has 27 heavy (non-hydrogen) atoms. The van der Waals surface area contributed by atoms with Gasteiger partial charge in [0, 0.05) is 25.2 Å². The second-order valence-electron chi connectivity index (χ2n) is 6.79. The lowest BCUT2D eigenvalue weighted by atomic mass is 10.0. The van der Waals surface area contributed by atoms with E-state index in [9.17, 15) is 4.79 Å². The fraction of sp³-hybridized carbons (Fsp3) is 0.409. The standard InChI is InChI=1S/C22H28N2O3/c1-3-21(18-8-10-20(26-2)11-9-18)23-22(25)19-6-4-17(5-7-19)16-24-12-14-27-15-13-24/h4-11,21H,3,12-16H2,1-2H3,(H,23,25). The maximum Gasteiger partial charge on any atom is 0.251 e. The van der Waals surface area contributed by atoms with Crippen molar-refractivity contribution < 1.29 is 14.3 Å². The van der Waals surface area contributed by atoms with Gasteiger partial charge < -0.3 is 14.8 Å². The first-order valence-electron chi connectivity index (χ1n) is 9.53. The molecule has 0 bridgehead atoms. The summed E-state index contributed by atoms with van der Waals surface area (Å²) in [5, 5.41) is 3.13. The monoisotopic (exact) mass is 368 g/mol. The number of carbonyl (C=O) groups is 1. The van der Waals surface area contributed by atoms with E-state index < -0.39 is 0 Å². The molecule has 144 valence electrons. The number of amides is 1. The zero-order chi connectivity index (χ0) is 19.1. The quantitative estimate of drug-likeness (QED) is 0.814. The van der Waals surface area contributed by atoms with Gasteiger partial charge in [-0.2, -0.15) is 0 Å². The molecule has 1 aliphatic heterocycles. The van der Waals surface area contributed by atoms with Crippen LogP contribution < -0.4 is 10.1 Å². The molecule has 0 aliphatic carbocycles. The van der Waals surface area contributed by atoms with Gasteiger partial charge in [0.2, 0.25) is 0 Å². The van der Waals surface area contributed by atoms with E-state index in [1.807, 2.05) is 48.5 Å². The molecule has 1 fully saturated rings. The number of morpholine rings is 1. The third kappa shape index (κ3) is 5.31. The molecule has 1 aliphatic rings. The average molecular weight is 368 g/mol. The molecule has 0 saturated carbocycles. The van der Waals surface area contributed by atoms with Gasteiger partial charge in [-0.15, -0.1) is 0 Å². The Bertz CT molecular complexity index is 722. The highest BCUT2D eigenvalue weighted by molar-refractivity contribution is 5.94. The van der Waals surface area contributed by atoms with Crippen LogP contribution in [0.15, 0.2) is 48.5 Å². The summed E-state index contributed by atoms with van der Waals surface area (Å²) in [6, 6.07) is 15.7. The van der Waals surface area contributed by atoms with E-state index >= 15 is 0 Å². The molecule has 0 aromatic heterocycles. The number of hydrogen-bond acceptors (Lipinski definition) is 4. The van der Waals surface area contributed by atoms with Gasteiger partial charge in [0.05, 0.1) is 26.4 Å². The van der Waals surface area contributed by atoms with Gasteiger partial charge in [-0.3, -0.25) is 9.69 Å². The third-order valence-electron chi connectivity index (χ3n) is 4.96. The molecule has 2 aromatic carbocycles. The van der Waals surface area contributed by atoms with E-state index in [1.165, 1.54) is 5.56 Å². The Morgan fingerprint density at radius 1 is 1.11 bits per heavy atom. The smallest absolute Gasteiger partial charge is 0.251 e. The number of ether oxygens (including phenoxy) is 2. The topological polar surface area (TPSA) is 50.8 Å². The van der Waals surface area contributed by atoms with Gasteiger partial charge in [0.1, 0.15) is 5.75 Å². The summed E-state index contributed by atoms with van der Waals surface area (Å²) < 4.78 is 10.6. The number of methoxy groups -OCH3 is 1. The van der Waals surface area contributed by atoms with Gasteiger partial charge in [-0.1, -0.05) is 31.2 Å². The molecule has 0 spiro atoms. The molecule has 1 heterocycles. The molecule has 5 nitrogen and oxygen atoms in total. The van der Waals surface area contributed by atoms with Crippen LogP contribution in [-0.2, 0) is 11.3 Å². The summed E-state index contributed by atoms with van der Waals surface area (Å²) in [4.78, 5) is 15.0. The predicted octanol–water partition coefficient (Wildman–Crippen LogP) is 3.41. The molecule has 5 heteroatoms. The van der Waals surface area contributed by atoms with Crippen molar-refractivity contribution in [2.24, 2.45) is 0 Å². The summed E-state index contributed by atoms with van der Waals surface area (Å²) in [6.45, 7) is 6.48. The summed E-state index contributed by atoms with van der Waals surface area (Å²) >= 11 is 0. The minimum Gasteiger partial charge on any atom is -0.497 e. The normalized spacial score (nSPS) is 15.9. The lowest BCUT2D eigenvalue weighted by Crippen LogP contribution is -2.35.